The largest absolute Gasteiger partial charge is 0.459 e. The number of nitrogens with one attached hydrogen (secondary N) is 1. The van der Waals surface area contributed by atoms with Crippen LogP contribution in [0.1, 0.15) is 53.5 Å². The lowest BCUT2D eigenvalue weighted by Gasteiger charge is -2.35. The van der Waals surface area contributed by atoms with Crippen molar-refractivity contribution in [2.24, 2.45) is 0 Å². The van der Waals surface area contributed by atoms with E-state index >= 15 is 0 Å². The van der Waals surface area contributed by atoms with Crippen LogP contribution in [0.4, 0.5) is 9.59 Å². The molecule has 15 heteroatoms. The molecular weight excluding hydrogens is 741 g/mol. The number of hydrogen-bond donors (Lipinski definition) is 1. The molecule has 0 bridgehead atoms. The fraction of sp³-hybridized carbons (Fsp3) is 0.488. The van der Waals surface area contributed by atoms with Gasteiger partial charge in [0.05, 0.1) is 24.7 Å². The van der Waals surface area contributed by atoms with Crippen LogP contribution < -0.4 is 5.32 Å². The molecule has 56 heavy (non-hydrogen) atoms. The molecule has 3 aromatic rings. The predicted molar refractivity (Wildman–Crippen MR) is 211 cm³/mol. The van der Waals surface area contributed by atoms with Crippen molar-refractivity contribution >= 4 is 28.2 Å². The van der Waals surface area contributed by atoms with Gasteiger partial charge in [-0.2, -0.15) is 0 Å². The minimum atomic E-state index is -4.47. The van der Waals surface area contributed by atoms with Crippen LogP contribution in [0.5, 0.6) is 0 Å². The van der Waals surface area contributed by atoms with Crippen LogP contribution in [-0.2, 0) is 45.2 Å². The summed E-state index contributed by atoms with van der Waals surface area (Å²) in [4.78, 5) is 48.4. The lowest BCUT2D eigenvalue weighted by molar-refractivity contribution is -0.180. The van der Waals surface area contributed by atoms with E-state index in [-0.39, 0.29) is 43.8 Å². The highest BCUT2D eigenvalue weighted by atomic mass is 32.2. The number of carbonyl (C=O) groups excluding carboxylic acids is 3. The molecule has 0 aromatic heterocycles. The van der Waals surface area contributed by atoms with Gasteiger partial charge < -0.3 is 29.2 Å². The Morgan fingerprint density at radius 3 is 1.95 bits per heavy atom. The first-order valence-corrected chi connectivity index (χ1v) is 20.2. The Labute approximate surface area is 331 Å². The normalized spacial score (nSPS) is 14.6. The number of benzene rings is 3. The highest BCUT2D eigenvalue weighted by Crippen LogP contribution is 2.26. The van der Waals surface area contributed by atoms with E-state index in [2.05, 4.69) is 10.2 Å². The first kappa shape index (κ1) is 44.2. The highest BCUT2D eigenvalue weighted by molar-refractivity contribution is 7.89. The molecule has 0 radical (unpaired) electrons. The smallest absolute Gasteiger partial charge is 0.410 e. The van der Waals surface area contributed by atoms with Gasteiger partial charge >= 0.3 is 18.2 Å². The summed E-state index contributed by atoms with van der Waals surface area (Å²) in [7, 11) is -4.47. The van der Waals surface area contributed by atoms with E-state index in [9.17, 15) is 22.8 Å². The minimum absolute atomic E-state index is 0.0158. The lowest BCUT2D eigenvalue weighted by atomic mass is 10.1. The maximum Gasteiger partial charge on any atom is 0.410 e. The van der Waals surface area contributed by atoms with Crippen molar-refractivity contribution in [1.29, 1.82) is 0 Å². The Bertz CT molecular complexity index is 1790. The zero-order chi connectivity index (χ0) is 40.8. The quantitative estimate of drug-likeness (QED) is 0.0756. The van der Waals surface area contributed by atoms with E-state index in [1.54, 1.807) is 37.8 Å². The van der Waals surface area contributed by atoms with E-state index in [0.717, 1.165) is 16.7 Å². The van der Waals surface area contributed by atoms with Crippen molar-refractivity contribution in [3.05, 3.63) is 90.5 Å². The van der Waals surface area contributed by atoms with Crippen molar-refractivity contribution in [3.8, 4) is 11.1 Å². The molecule has 1 heterocycles. The number of alkyl carbamates (subject to hydrolysis) is 1. The van der Waals surface area contributed by atoms with Crippen LogP contribution >= 0.6 is 0 Å². The third kappa shape index (κ3) is 14.5. The second-order valence-corrected chi connectivity index (χ2v) is 17.0. The van der Waals surface area contributed by atoms with Crippen molar-refractivity contribution in [3.63, 3.8) is 0 Å². The van der Waals surface area contributed by atoms with Crippen LogP contribution in [0, 0.1) is 0 Å². The molecule has 1 atom stereocenters. The maximum atomic E-state index is 14.3. The molecule has 0 unspecified atom stereocenters. The Kier molecular flexibility index (Phi) is 16.2. The zero-order valence-electron chi connectivity index (χ0n) is 33.3. The second kappa shape index (κ2) is 20.6. The van der Waals surface area contributed by atoms with Crippen LogP contribution in [0.25, 0.3) is 11.1 Å². The minimum Gasteiger partial charge on any atom is -0.459 e. The molecule has 0 spiro atoms. The Hall–Kier alpha value is -4.54. The Morgan fingerprint density at radius 2 is 1.34 bits per heavy atom. The van der Waals surface area contributed by atoms with Crippen molar-refractivity contribution in [2.75, 3.05) is 59.1 Å². The summed E-state index contributed by atoms with van der Waals surface area (Å²) in [6.07, 6.45) is -1.25. The third-order valence-corrected chi connectivity index (χ3v) is 10.1. The molecule has 1 fully saturated rings. The van der Waals surface area contributed by atoms with Gasteiger partial charge in [0.1, 0.15) is 17.8 Å². The summed E-state index contributed by atoms with van der Waals surface area (Å²) in [6, 6.07) is 23.4. The number of sulfonamides is 1. The van der Waals surface area contributed by atoms with Gasteiger partial charge in [0.15, 0.2) is 6.04 Å². The number of hydroxylamine groups is 1. The number of carbonyl (C=O) groups is 3. The van der Waals surface area contributed by atoms with Gasteiger partial charge in [0.25, 0.3) is 10.0 Å². The predicted octanol–water partition coefficient (Wildman–Crippen LogP) is 5.87. The molecule has 14 nitrogen and oxygen atoms in total. The van der Waals surface area contributed by atoms with Gasteiger partial charge in [-0.15, -0.1) is 0 Å². The van der Waals surface area contributed by atoms with E-state index in [1.807, 2.05) is 81.4 Å². The molecule has 1 N–H and O–H groups in total. The zero-order valence-corrected chi connectivity index (χ0v) is 34.1. The van der Waals surface area contributed by atoms with Gasteiger partial charge in [0.2, 0.25) is 0 Å². The number of ether oxygens (including phenoxy) is 4. The van der Waals surface area contributed by atoms with E-state index in [1.165, 1.54) is 12.1 Å². The van der Waals surface area contributed by atoms with Crippen LogP contribution in [0.3, 0.4) is 0 Å². The first-order chi connectivity index (χ1) is 26.5. The number of piperazine rings is 1. The lowest BCUT2D eigenvalue weighted by Crippen LogP contribution is -2.50. The third-order valence-electron chi connectivity index (χ3n) is 8.35. The SMILES string of the molecule is CC(C)(C)OC(=O)[C@@H](CCNC(=O)OCc1ccccc1)N(OCCOCCN1CCN(C(=O)OC(C)(C)C)CC1)S(=O)(=O)c1ccc(-c2ccccc2)cc1. The molecule has 4 rings (SSSR count). The summed E-state index contributed by atoms with van der Waals surface area (Å²) >= 11 is 0. The van der Waals surface area contributed by atoms with Crippen molar-refractivity contribution in [2.45, 2.75) is 76.7 Å². The molecule has 2 amide bonds. The number of nitrogens with zero attached hydrogens (tertiary/aromatic N) is 3. The van der Waals surface area contributed by atoms with Gasteiger partial charge in [-0.05, 0) is 76.8 Å². The average molecular weight is 797 g/mol. The molecule has 1 saturated heterocycles. The number of rotatable bonds is 17. The Balaban J connectivity index is 1.43. The summed E-state index contributed by atoms with van der Waals surface area (Å²) in [5.74, 6) is -0.854. The maximum absolute atomic E-state index is 14.3. The van der Waals surface area contributed by atoms with Gasteiger partial charge in [0, 0.05) is 39.3 Å². The molecule has 0 saturated carbocycles. The summed E-state index contributed by atoms with van der Waals surface area (Å²) in [5, 5.41) is 2.60. The van der Waals surface area contributed by atoms with Crippen molar-refractivity contribution < 1.29 is 46.6 Å². The van der Waals surface area contributed by atoms with Gasteiger partial charge in [-0.25, -0.2) is 18.0 Å². The van der Waals surface area contributed by atoms with Gasteiger partial charge in [-0.3, -0.25) is 14.5 Å². The van der Waals surface area contributed by atoms with Gasteiger partial charge in [-0.1, -0.05) is 77.3 Å². The van der Waals surface area contributed by atoms with E-state index in [0.29, 0.717) is 43.8 Å². The van der Waals surface area contributed by atoms with Crippen molar-refractivity contribution in [1.82, 2.24) is 19.6 Å². The number of hydrogen-bond acceptors (Lipinski definition) is 11. The van der Waals surface area contributed by atoms with Crippen LogP contribution in [0.15, 0.2) is 89.8 Å². The summed E-state index contributed by atoms with van der Waals surface area (Å²) in [5.41, 5.74) is 0.987. The fourth-order valence-electron chi connectivity index (χ4n) is 5.61. The van der Waals surface area contributed by atoms with Crippen LogP contribution in [-0.4, -0.2) is 117 Å². The monoisotopic (exact) mass is 796 g/mol. The standard InChI is InChI=1S/C41H56N4O10S/c1-40(2,3)54-37(46)36(21-22-42-38(47)52-31-32-13-9-7-10-14-32)45(56(49,50)35-19-17-34(18-20-35)33-15-11-8-12-16-33)53-30-29-51-28-27-43-23-25-44(26-24-43)39(48)55-41(4,5)6/h7-20,36H,21-31H2,1-6H3,(H,42,47)/t36-/m1/s1. The molecule has 1 aliphatic rings. The van der Waals surface area contributed by atoms with E-state index in [4.69, 9.17) is 23.8 Å². The molecular formula is C41H56N4O10S. The van der Waals surface area contributed by atoms with Crippen LogP contribution in [0.2, 0.25) is 0 Å². The Morgan fingerprint density at radius 1 is 0.750 bits per heavy atom. The number of esters is 1. The molecule has 0 aliphatic carbocycles. The highest BCUT2D eigenvalue weighted by Gasteiger charge is 2.40. The number of amides is 2. The molecule has 3 aromatic carbocycles. The second-order valence-electron chi connectivity index (χ2n) is 15.2. The average Bonchev–Trinajstić information content (AvgIpc) is 3.15. The van der Waals surface area contributed by atoms with E-state index < -0.39 is 39.3 Å². The molecule has 1 aliphatic heterocycles. The fourth-order valence-corrected chi connectivity index (χ4v) is 7.03. The topological polar surface area (TPSA) is 153 Å². The molecule has 306 valence electrons. The summed E-state index contributed by atoms with van der Waals surface area (Å²) < 4.78 is 51.6. The first-order valence-electron chi connectivity index (χ1n) is 18.8. The summed E-state index contributed by atoms with van der Waals surface area (Å²) in [6.45, 7) is 13.5.